The number of imidazole rings is 1. The average molecular weight is 301 g/mol. The van der Waals surface area contributed by atoms with Gasteiger partial charge in [-0.05, 0) is 6.42 Å². The van der Waals surface area contributed by atoms with E-state index >= 15 is 0 Å². The summed E-state index contributed by atoms with van der Waals surface area (Å²) >= 11 is 0. The van der Waals surface area contributed by atoms with Crippen LogP contribution >= 0.6 is 0 Å². The van der Waals surface area contributed by atoms with Gasteiger partial charge in [0.1, 0.15) is 5.82 Å². The standard InChI is InChI=1S/C12H23N5O2S/c18-20(19,11-10-17-8-6-13-7-9-17)16-3-1-2-12-14-4-5-15-12/h4-5,13,16H,1-3,6-11H2,(H,14,15). The van der Waals surface area contributed by atoms with E-state index in [0.717, 1.165) is 44.8 Å². The average Bonchev–Trinajstić information content (AvgIpc) is 2.96. The first kappa shape index (κ1) is 15.4. The van der Waals surface area contributed by atoms with E-state index in [1.54, 1.807) is 12.4 Å². The molecule has 1 aromatic rings. The molecule has 2 heterocycles. The molecule has 114 valence electrons. The molecule has 3 N–H and O–H groups in total. The molecule has 0 bridgehead atoms. The Labute approximate surface area is 120 Å². The number of aromatic amines is 1. The molecule has 1 saturated heterocycles. The van der Waals surface area contributed by atoms with Crippen molar-refractivity contribution in [3.63, 3.8) is 0 Å². The van der Waals surface area contributed by atoms with Crippen molar-refractivity contribution < 1.29 is 8.42 Å². The number of rotatable bonds is 8. The molecular formula is C12H23N5O2S. The van der Waals surface area contributed by atoms with Gasteiger partial charge in [0.2, 0.25) is 10.0 Å². The van der Waals surface area contributed by atoms with Crippen LogP contribution in [-0.4, -0.2) is 68.3 Å². The van der Waals surface area contributed by atoms with E-state index in [4.69, 9.17) is 0 Å². The number of sulfonamides is 1. The molecule has 20 heavy (non-hydrogen) atoms. The minimum atomic E-state index is -3.16. The summed E-state index contributed by atoms with van der Waals surface area (Å²) < 4.78 is 26.4. The molecule has 0 spiro atoms. The van der Waals surface area contributed by atoms with Crippen LogP contribution in [0.15, 0.2) is 12.4 Å². The zero-order valence-electron chi connectivity index (χ0n) is 11.6. The highest BCUT2D eigenvalue weighted by atomic mass is 32.2. The van der Waals surface area contributed by atoms with Crippen molar-refractivity contribution in [2.24, 2.45) is 0 Å². The lowest BCUT2D eigenvalue weighted by Gasteiger charge is -2.26. The first-order valence-corrected chi connectivity index (χ1v) is 8.70. The Bertz CT molecular complexity index is 468. The lowest BCUT2D eigenvalue weighted by molar-refractivity contribution is 0.253. The Morgan fingerprint density at radius 3 is 2.85 bits per heavy atom. The van der Waals surface area contributed by atoms with Crippen LogP contribution in [0.4, 0.5) is 0 Å². The molecule has 0 aromatic carbocycles. The normalized spacial score (nSPS) is 17.4. The zero-order valence-corrected chi connectivity index (χ0v) is 12.5. The summed E-state index contributed by atoms with van der Waals surface area (Å²) in [5.74, 6) is 1.07. The molecule has 1 fully saturated rings. The largest absolute Gasteiger partial charge is 0.349 e. The SMILES string of the molecule is O=S(=O)(CCN1CCNCC1)NCCCc1ncc[nH]1. The van der Waals surface area contributed by atoms with E-state index in [1.807, 2.05) is 0 Å². The quantitative estimate of drug-likeness (QED) is 0.545. The Kier molecular flexibility index (Phi) is 5.96. The second-order valence-corrected chi connectivity index (χ2v) is 6.87. The Morgan fingerprint density at radius 1 is 1.35 bits per heavy atom. The molecule has 0 aliphatic carbocycles. The van der Waals surface area contributed by atoms with Gasteiger partial charge in [0, 0.05) is 58.1 Å². The van der Waals surface area contributed by atoms with Gasteiger partial charge in [0.15, 0.2) is 0 Å². The number of hydrogen-bond donors (Lipinski definition) is 3. The highest BCUT2D eigenvalue weighted by Crippen LogP contribution is 1.96. The van der Waals surface area contributed by atoms with Crippen LogP contribution in [0.1, 0.15) is 12.2 Å². The minimum Gasteiger partial charge on any atom is -0.349 e. The number of H-pyrrole nitrogens is 1. The van der Waals surface area contributed by atoms with Crippen LogP contribution in [0.5, 0.6) is 0 Å². The number of aromatic nitrogens is 2. The Hall–Kier alpha value is -0.960. The highest BCUT2D eigenvalue weighted by Gasteiger charge is 2.14. The summed E-state index contributed by atoms with van der Waals surface area (Å²) in [4.78, 5) is 9.28. The second-order valence-electron chi connectivity index (χ2n) is 4.94. The number of nitrogens with one attached hydrogen (secondary N) is 3. The van der Waals surface area contributed by atoms with E-state index in [0.29, 0.717) is 13.1 Å². The summed E-state index contributed by atoms with van der Waals surface area (Å²) in [5, 5.41) is 3.25. The van der Waals surface area contributed by atoms with E-state index in [-0.39, 0.29) is 5.75 Å². The van der Waals surface area contributed by atoms with Crippen molar-refractivity contribution in [1.82, 2.24) is 24.9 Å². The maximum absolute atomic E-state index is 11.9. The topological polar surface area (TPSA) is 90.1 Å². The molecule has 0 amide bonds. The van der Waals surface area contributed by atoms with E-state index < -0.39 is 10.0 Å². The number of nitrogens with zero attached hydrogens (tertiary/aromatic N) is 2. The molecule has 7 nitrogen and oxygen atoms in total. The number of hydrogen-bond acceptors (Lipinski definition) is 5. The van der Waals surface area contributed by atoms with Gasteiger partial charge < -0.3 is 10.3 Å². The first-order valence-electron chi connectivity index (χ1n) is 7.04. The third kappa shape index (κ3) is 5.58. The first-order chi connectivity index (χ1) is 9.66. The van der Waals surface area contributed by atoms with Gasteiger partial charge in [0.25, 0.3) is 0 Å². The van der Waals surface area contributed by atoms with Gasteiger partial charge in [-0.3, -0.25) is 4.90 Å². The monoisotopic (exact) mass is 301 g/mol. The molecule has 2 rings (SSSR count). The zero-order chi connectivity index (χ0) is 14.3. The molecule has 1 aromatic heterocycles. The summed E-state index contributed by atoms with van der Waals surface area (Å²) in [6.07, 6.45) is 4.98. The molecule has 0 atom stereocenters. The third-order valence-corrected chi connectivity index (χ3v) is 4.72. The number of aryl methyl sites for hydroxylation is 1. The van der Waals surface area contributed by atoms with Crippen LogP contribution in [-0.2, 0) is 16.4 Å². The van der Waals surface area contributed by atoms with E-state index in [2.05, 4.69) is 24.9 Å². The van der Waals surface area contributed by atoms with Crippen LogP contribution in [0.25, 0.3) is 0 Å². The summed E-state index contributed by atoms with van der Waals surface area (Å²) in [6.45, 7) is 4.80. The number of piperazine rings is 1. The van der Waals surface area contributed by atoms with Crippen LogP contribution in [0.3, 0.4) is 0 Å². The van der Waals surface area contributed by atoms with Gasteiger partial charge >= 0.3 is 0 Å². The fourth-order valence-electron chi connectivity index (χ4n) is 2.17. The molecule has 0 radical (unpaired) electrons. The predicted octanol–water partition coefficient (Wildman–Crippen LogP) is -0.833. The van der Waals surface area contributed by atoms with Gasteiger partial charge in [-0.2, -0.15) is 0 Å². The van der Waals surface area contributed by atoms with Crippen molar-refractivity contribution in [3.05, 3.63) is 18.2 Å². The van der Waals surface area contributed by atoms with Crippen molar-refractivity contribution in [1.29, 1.82) is 0 Å². The Morgan fingerprint density at radius 2 is 2.15 bits per heavy atom. The predicted molar refractivity (Wildman–Crippen MR) is 78.0 cm³/mol. The van der Waals surface area contributed by atoms with Crippen LogP contribution in [0, 0.1) is 0 Å². The fourth-order valence-corrected chi connectivity index (χ4v) is 3.27. The smallest absolute Gasteiger partial charge is 0.212 e. The maximum atomic E-state index is 11.9. The minimum absolute atomic E-state index is 0.174. The van der Waals surface area contributed by atoms with Gasteiger partial charge in [-0.1, -0.05) is 0 Å². The molecule has 1 aliphatic rings. The molecular weight excluding hydrogens is 278 g/mol. The van der Waals surface area contributed by atoms with Crippen LogP contribution in [0.2, 0.25) is 0 Å². The van der Waals surface area contributed by atoms with Crippen molar-refractivity contribution in [3.8, 4) is 0 Å². The van der Waals surface area contributed by atoms with Crippen molar-refractivity contribution >= 4 is 10.0 Å². The van der Waals surface area contributed by atoms with E-state index in [9.17, 15) is 8.42 Å². The van der Waals surface area contributed by atoms with Crippen LogP contribution < -0.4 is 10.0 Å². The van der Waals surface area contributed by atoms with Crippen molar-refractivity contribution in [2.45, 2.75) is 12.8 Å². The molecule has 0 saturated carbocycles. The Balaban J connectivity index is 1.60. The molecule has 1 aliphatic heterocycles. The maximum Gasteiger partial charge on any atom is 0.212 e. The lowest BCUT2D eigenvalue weighted by Crippen LogP contribution is -2.46. The highest BCUT2D eigenvalue weighted by molar-refractivity contribution is 7.89. The third-order valence-electron chi connectivity index (χ3n) is 3.35. The second kappa shape index (κ2) is 7.72. The van der Waals surface area contributed by atoms with E-state index in [1.165, 1.54) is 0 Å². The molecule has 8 heteroatoms. The molecule has 0 unspecified atom stereocenters. The summed E-state index contributed by atoms with van der Waals surface area (Å²) in [6, 6.07) is 0. The lowest BCUT2D eigenvalue weighted by atomic mass is 10.3. The van der Waals surface area contributed by atoms with Gasteiger partial charge in [-0.15, -0.1) is 0 Å². The van der Waals surface area contributed by atoms with Gasteiger partial charge in [-0.25, -0.2) is 18.1 Å². The van der Waals surface area contributed by atoms with Crippen molar-refractivity contribution in [2.75, 3.05) is 45.0 Å². The van der Waals surface area contributed by atoms with Gasteiger partial charge in [0.05, 0.1) is 5.75 Å². The fraction of sp³-hybridized carbons (Fsp3) is 0.750. The summed E-state index contributed by atoms with van der Waals surface area (Å²) in [5.41, 5.74) is 0. The summed E-state index contributed by atoms with van der Waals surface area (Å²) in [7, 11) is -3.16.